The van der Waals surface area contributed by atoms with Gasteiger partial charge in [-0.3, -0.25) is 4.79 Å². The van der Waals surface area contributed by atoms with Gasteiger partial charge < -0.3 is 15.1 Å². The zero-order chi connectivity index (χ0) is 18.5. The Bertz CT molecular complexity index is 761. The lowest BCUT2D eigenvalue weighted by Gasteiger charge is -2.34. The molecule has 2 aromatic rings. The Balaban J connectivity index is 1.74. The summed E-state index contributed by atoms with van der Waals surface area (Å²) in [5.41, 5.74) is 4.77. The Kier molecular flexibility index (Phi) is 5.74. The monoisotopic (exact) mass is 349 g/mol. The van der Waals surface area contributed by atoms with Crippen molar-refractivity contribution in [1.29, 1.82) is 0 Å². The van der Waals surface area contributed by atoms with E-state index in [0.717, 1.165) is 31.7 Å². The number of hydrogen-bond donors (Lipinski definition) is 1. The quantitative estimate of drug-likeness (QED) is 0.840. The fraction of sp³-hybridized carbons (Fsp3) is 0.318. The molecule has 136 valence electrons. The van der Waals surface area contributed by atoms with Gasteiger partial charge in [-0.15, -0.1) is 0 Å². The highest BCUT2D eigenvalue weighted by Crippen LogP contribution is 2.26. The first-order chi connectivity index (χ1) is 12.6. The van der Waals surface area contributed by atoms with Crippen molar-refractivity contribution in [3.8, 4) is 11.1 Å². The van der Waals surface area contributed by atoms with Crippen LogP contribution in [0.2, 0.25) is 0 Å². The Morgan fingerprint density at radius 1 is 1.08 bits per heavy atom. The van der Waals surface area contributed by atoms with Crippen LogP contribution in [-0.2, 0) is 4.79 Å². The van der Waals surface area contributed by atoms with Gasteiger partial charge in [-0.05, 0) is 48.9 Å². The molecule has 4 nitrogen and oxygen atoms in total. The maximum Gasteiger partial charge on any atom is 0.243 e. The fourth-order valence-corrected chi connectivity index (χ4v) is 3.27. The van der Waals surface area contributed by atoms with Crippen LogP contribution in [0.4, 0.5) is 5.69 Å². The van der Waals surface area contributed by atoms with Gasteiger partial charge in [-0.25, -0.2) is 0 Å². The van der Waals surface area contributed by atoms with E-state index >= 15 is 0 Å². The number of anilines is 1. The second-order valence-electron chi connectivity index (χ2n) is 6.90. The third kappa shape index (κ3) is 4.33. The van der Waals surface area contributed by atoms with Crippen molar-refractivity contribution in [2.24, 2.45) is 0 Å². The van der Waals surface area contributed by atoms with E-state index in [-0.39, 0.29) is 11.9 Å². The maximum atomic E-state index is 11.5. The van der Waals surface area contributed by atoms with E-state index in [1.54, 1.807) is 0 Å². The molecule has 1 aliphatic heterocycles. The average Bonchev–Trinajstić information content (AvgIpc) is 2.68. The topological polar surface area (TPSA) is 35.6 Å². The maximum absolute atomic E-state index is 11.5. The standard InChI is InChI=1S/C22H27N3O/c1-4-22(26)23-17(2)18-8-10-19(11-9-18)20-6-5-7-21(16-20)25-14-12-24(3)13-15-25/h4-11,16-17H,1,12-15H2,2-3H3,(H,23,26)/t17-/m1/s1. The van der Waals surface area contributed by atoms with Gasteiger partial charge >= 0.3 is 0 Å². The molecule has 0 bridgehead atoms. The molecular formula is C22H27N3O. The lowest BCUT2D eigenvalue weighted by Crippen LogP contribution is -2.44. The highest BCUT2D eigenvalue weighted by Gasteiger charge is 2.14. The zero-order valence-electron chi connectivity index (χ0n) is 15.6. The fourth-order valence-electron chi connectivity index (χ4n) is 3.27. The van der Waals surface area contributed by atoms with Crippen molar-refractivity contribution >= 4 is 11.6 Å². The summed E-state index contributed by atoms with van der Waals surface area (Å²) in [4.78, 5) is 16.3. The molecule has 0 radical (unpaired) electrons. The summed E-state index contributed by atoms with van der Waals surface area (Å²) < 4.78 is 0. The van der Waals surface area contributed by atoms with Crippen LogP contribution in [0.3, 0.4) is 0 Å². The van der Waals surface area contributed by atoms with Crippen molar-refractivity contribution in [1.82, 2.24) is 10.2 Å². The molecule has 0 aliphatic carbocycles. The van der Waals surface area contributed by atoms with Crippen LogP contribution >= 0.6 is 0 Å². The molecule has 0 aromatic heterocycles. The summed E-state index contributed by atoms with van der Waals surface area (Å²) in [5.74, 6) is -0.151. The van der Waals surface area contributed by atoms with Crippen molar-refractivity contribution in [2.75, 3.05) is 38.1 Å². The van der Waals surface area contributed by atoms with Gasteiger partial charge in [-0.2, -0.15) is 0 Å². The normalized spacial score (nSPS) is 16.2. The van der Waals surface area contributed by atoms with Gasteiger partial charge in [-0.1, -0.05) is 43.0 Å². The van der Waals surface area contributed by atoms with Crippen LogP contribution < -0.4 is 10.2 Å². The molecule has 1 N–H and O–H groups in total. The van der Waals surface area contributed by atoms with Gasteiger partial charge in [0.25, 0.3) is 0 Å². The minimum absolute atomic E-state index is 0.0359. The van der Waals surface area contributed by atoms with E-state index in [4.69, 9.17) is 0 Å². The molecule has 0 saturated carbocycles. The molecule has 3 rings (SSSR count). The zero-order valence-corrected chi connectivity index (χ0v) is 15.6. The molecular weight excluding hydrogens is 322 g/mol. The van der Waals surface area contributed by atoms with Gasteiger partial charge in [0.15, 0.2) is 0 Å². The summed E-state index contributed by atoms with van der Waals surface area (Å²) in [5, 5.41) is 2.89. The molecule has 1 heterocycles. The Hall–Kier alpha value is -2.59. The molecule has 1 amide bonds. The molecule has 0 spiro atoms. The lowest BCUT2D eigenvalue weighted by molar-refractivity contribution is -0.117. The number of nitrogens with one attached hydrogen (secondary N) is 1. The van der Waals surface area contributed by atoms with Gasteiger partial charge in [0.05, 0.1) is 6.04 Å². The molecule has 1 aliphatic rings. The predicted molar refractivity (Wildman–Crippen MR) is 108 cm³/mol. The summed E-state index contributed by atoms with van der Waals surface area (Å²) >= 11 is 0. The minimum atomic E-state index is -0.151. The van der Waals surface area contributed by atoms with Crippen molar-refractivity contribution < 1.29 is 4.79 Å². The van der Waals surface area contributed by atoms with Crippen LogP contribution in [0.5, 0.6) is 0 Å². The smallest absolute Gasteiger partial charge is 0.243 e. The second-order valence-corrected chi connectivity index (χ2v) is 6.90. The molecule has 0 unspecified atom stereocenters. The lowest BCUT2D eigenvalue weighted by atomic mass is 10.0. The SMILES string of the molecule is C=CC(=O)N[C@H](C)c1ccc(-c2cccc(N3CCN(C)CC3)c2)cc1. The first kappa shape index (κ1) is 18.2. The summed E-state index contributed by atoms with van der Waals surface area (Å²) in [7, 11) is 2.17. The first-order valence-electron chi connectivity index (χ1n) is 9.13. The molecule has 1 fully saturated rings. The van der Waals surface area contributed by atoms with E-state index in [0.29, 0.717) is 0 Å². The predicted octanol–water partition coefficient (Wildman–Crippen LogP) is 3.47. The molecule has 4 heteroatoms. The number of carbonyl (C=O) groups is 1. The third-order valence-corrected chi connectivity index (χ3v) is 5.00. The van der Waals surface area contributed by atoms with Gasteiger partial charge in [0.1, 0.15) is 0 Å². The Morgan fingerprint density at radius 3 is 2.42 bits per heavy atom. The van der Waals surface area contributed by atoms with Crippen molar-refractivity contribution in [3.05, 3.63) is 66.7 Å². The van der Waals surface area contributed by atoms with E-state index in [1.807, 2.05) is 6.92 Å². The minimum Gasteiger partial charge on any atom is -0.369 e. The van der Waals surface area contributed by atoms with Gasteiger partial charge in [0, 0.05) is 31.9 Å². The summed E-state index contributed by atoms with van der Waals surface area (Å²) in [6.07, 6.45) is 1.30. The van der Waals surface area contributed by atoms with Crippen molar-refractivity contribution in [2.45, 2.75) is 13.0 Å². The molecule has 26 heavy (non-hydrogen) atoms. The summed E-state index contributed by atoms with van der Waals surface area (Å²) in [6, 6.07) is 17.1. The molecule has 1 saturated heterocycles. The van der Waals surface area contributed by atoms with Crippen molar-refractivity contribution in [3.63, 3.8) is 0 Å². The number of amides is 1. The third-order valence-electron chi connectivity index (χ3n) is 5.00. The number of hydrogen-bond acceptors (Lipinski definition) is 3. The number of nitrogens with zero attached hydrogens (tertiary/aromatic N) is 2. The van der Waals surface area contributed by atoms with E-state index in [9.17, 15) is 4.79 Å². The Morgan fingerprint density at radius 2 is 1.77 bits per heavy atom. The number of likely N-dealkylation sites (N-methyl/N-ethyl adjacent to an activating group) is 1. The number of piperazine rings is 1. The van der Waals surface area contributed by atoms with Crippen LogP contribution in [0.15, 0.2) is 61.2 Å². The van der Waals surface area contributed by atoms with Crippen LogP contribution in [0.25, 0.3) is 11.1 Å². The second kappa shape index (κ2) is 8.19. The number of rotatable bonds is 5. The number of carbonyl (C=O) groups excluding carboxylic acids is 1. The first-order valence-corrected chi connectivity index (χ1v) is 9.13. The van der Waals surface area contributed by atoms with E-state index in [2.05, 4.69) is 77.3 Å². The highest BCUT2D eigenvalue weighted by atomic mass is 16.1. The Labute approximate surface area is 156 Å². The van der Waals surface area contributed by atoms with Gasteiger partial charge in [0.2, 0.25) is 5.91 Å². The summed E-state index contributed by atoms with van der Waals surface area (Å²) in [6.45, 7) is 9.82. The van der Waals surface area contributed by atoms with Crippen LogP contribution in [0, 0.1) is 0 Å². The molecule has 1 atom stereocenters. The van der Waals surface area contributed by atoms with Crippen LogP contribution in [-0.4, -0.2) is 44.0 Å². The van der Waals surface area contributed by atoms with Crippen LogP contribution in [0.1, 0.15) is 18.5 Å². The number of benzene rings is 2. The largest absolute Gasteiger partial charge is 0.369 e. The average molecular weight is 349 g/mol. The highest BCUT2D eigenvalue weighted by molar-refractivity contribution is 5.87. The van der Waals surface area contributed by atoms with E-state index < -0.39 is 0 Å². The van der Waals surface area contributed by atoms with E-state index in [1.165, 1.54) is 22.9 Å². The molecule has 2 aromatic carbocycles.